The van der Waals surface area contributed by atoms with Gasteiger partial charge in [0.05, 0.1) is 11.6 Å². The molecular formula is C16H18BrNO. The first-order valence-electron chi connectivity index (χ1n) is 6.38. The summed E-state index contributed by atoms with van der Waals surface area (Å²) in [4.78, 5) is 0. The zero-order chi connectivity index (χ0) is 13.7. The molecule has 2 nitrogen and oxygen atoms in total. The van der Waals surface area contributed by atoms with Gasteiger partial charge in [0.15, 0.2) is 0 Å². The number of halogens is 1. The summed E-state index contributed by atoms with van der Waals surface area (Å²) in [7, 11) is 1.67. The van der Waals surface area contributed by atoms with Crippen LogP contribution >= 0.6 is 15.9 Å². The number of benzene rings is 2. The first-order valence-corrected chi connectivity index (χ1v) is 7.18. The Morgan fingerprint density at radius 3 is 2.47 bits per heavy atom. The van der Waals surface area contributed by atoms with Crippen LogP contribution in [0.2, 0.25) is 0 Å². The minimum Gasteiger partial charge on any atom is -0.496 e. The number of rotatable bonds is 5. The second kappa shape index (κ2) is 6.62. The molecule has 0 aliphatic heterocycles. The maximum atomic E-state index is 5.22. The Morgan fingerprint density at radius 2 is 1.84 bits per heavy atom. The summed E-state index contributed by atoms with van der Waals surface area (Å²) in [5, 5.41) is 3.44. The van der Waals surface area contributed by atoms with E-state index in [2.05, 4.69) is 52.4 Å². The SMILES string of the molecule is CCc1ccccc1CNc1ccc(OC)c(Br)c1. The van der Waals surface area contributed by atoms with Crippen molar-refractivity contribution in [2.45, 2.75) is 19.9 Å². The van der Waals surface area contributed by atoms with Crippen LogP contribution in [-0.4, -0.2) is 7.11 Å². The number of aryl methyl sites for hydroxylation is 1. The third-order valence-corrected chi connectivity index (χ3v) is 3.75. The molecular weight excluding hydrogens is 302 g/mol. The summed E-state index contributed by atoms with van der Waals surface area (Å²) in [5.41, 5.74) is 3.82. The molecule has 0 bridgehead atoms. The van der Waals surface area contributed by atoms with E-state index in [1.807, 2.05) is 18.2 Å². The van der Waals surface area contributed by atoms with Gasteiger partial charge in [-0.1, -0.05) is 31.2 Å². The molecule has 2 aromatic rings. The molecule has 2 rings (SSSR count). The average Bonchev–Trinajstić information content (AvgIpc) is 2.45. The lowest BCUT2D eigenvalue weighted by atomic mass is 10.1. The van der Waals surface area contributed by atoms with E-state index >= 15 is 0 Å². The minimum atomic E-state index is 0.836. The summed E-state index contributed by atoms with van der Waals surface area (Å²) >= 11 is 3.50. The highest BCUT2D eigenvalue weighted by molar-refractivity contribution is 9.10. The first kappa shape index (κ1) is 13.9. The van der Waals surface area contributed by atoms with Gasteiger partial charge in [0.1, 0.15) is 5.75 Å². The summed E-state index contributed by atoms with van der Waals surface area (Å²) in [5.74, 6) is 0.847. The Labute approximate surface area is 122 Å². The van der Waals surface area contributed by atoms with E-state index in [-0.39, 0.29) is 0 Å². The maximum absolute atomic E-state index is 5.22. The fourth-order valence-electron chi connectivity index (χ4n) is 2.05. The lowest BCUT2D eigenvalue weighted by molar-refractivity contribution is 0.412. The standard InChI is InChI=1S/C16H18BrNO/c1-3-12-6-4-5-7-13(12)11-18-14-8-9-16(19-2)15(17)10-14/h4-10,18H,3,11H2,1-2H3. The van der Waals surface area contributed by atoms with Crippen molar-refractivity contribution >= 4 is 21.6 Å². The summed E-state index contributed by atoms with van der Waals surface area (Å²) in [6.07, 6.45) is 1.06. The fraction of sp³-hybridized carbons (Fsp3) is 0.250. The molecule has 2 aromatic carbocycles. The molecule has 0 aromatic heterocycles. The number of nitrogens with one attached hydrogen (secondary N) is 1. The Morgan fingerprint density at radius 1 is 1.11 bits per heavy atom. The van der Waals surface area contributed by atoms with E-state index in [0.717, 1.165) is 28.9 Å². The van der Waals surface area contributed by atoms with Crippen LogP contribution in [0.3, 0.4) is 0 Å². The molecule has 0 aliphatic rings. The fourth-order valence-corrected chi connectivity index (χ4v) is 2.59. The molecule has 0 amide bonds. The third-order valence-electron chi connectivity index (χ3n) is 3.13. The van der Waals surface area contributed by atoms with Gasteiger partial charge < -0.3 is 10.1 Å². The van der Waals surface area contributed by atoms with Crippen molar-refractivity contribution in [2.75, 3.05) is 12.4 Å². The summed E-state index contributed by atoms with van der Waals surface area (Å²) in [6, 6.07) is 14.5. The molecule has 0 fully saturated rings. The summed E-state index contributed by atoms with van der Waals surface area (Å²) in [6.45, 7) is 3.02. The Balaban J connectivity index is 2.08. The number of anilines is 1. The van der Waals surface area contributed by atoms with E-state index in [1.54, 1.807) is 7.11 Å². The van der Waals surface area contributed by atoms with Gasteiger partial charge in [0, 0.05) is 12.2 Å². The van der Waals surface area contributed by atoms with E-state index in [9.17, 15) is 0 Å². The van der Waals surface area contributed by atoms with Gasteiger partial charge in [-0.05, 0) is 51.7 Å². The molecule has 0 unspecified atom stereocenters. The molecule has 0 atom stereocenters. The second-order valence-electron chi connectivity index (χ2n) is 4.33. The third kappa shape index (κ3) is 3.51. The Bertz CT molecular complexity index is 554. The van der Waals surface area contributed by atoms with E-state index in [1.165, 1.54) is 11.1 Å². The normalized spacial score (nSPS) is 10.3. The van der Waals surface area contributed by atoms with Gasteiger partial charge >= 0.3 is 0 Å². The molecule has 19 heavy (non-hydrogen) atoms. The van der Waals surface area contributed by atoms with Crippen LogP contribution < -0.4 is 10.1 Å². The maximum Gasteiger partial charge on any atom is 0.133 e. The molecule has 0 radical (unpaired) electrons. The van der Waals surface area contributed by atoms with Crippen LogP contribution in [0.15, 0.2) is 46.9 Å². The van der Waals surface area contributed by atoms with E-state index < -0.39 is 0 Å². The monoisotopic (exact) mass is 319 g/mol. The van der Waals surface area contributed by atoms with Gasteiger partial charge in [0.2, 0.25) is 0 Å². The smallest absolute Gasteiger partial charge is 0.133 e. The first-order chi connectivity index (χ1) is 9.24. The van der Waals surface area contributed by atoms with E-state index in [0.29, 0.717) is 0 Å². The van der Waals surface area contributed by atoms with Crippen LogP contribution in [0.25, 0.3) is 0 Å². The quantitative estimate of drug-likeness (QED) is 0.867. The second-order valence-corrected chi connectivity index (χ2v) is 5.18. The molecule has 3 heteroatoms. The Kier molecular flexibility index (Phi) is 4.86. The topological polar surface area (TPSA) is 21.3 Å². The zero-order valence-corrected chi connectivity index (χ0v) is 12.8. The highest BCUT2D eigenvalue weighted by Crippen LogP contribution is 2.28. The van der Waals surface area contributed by atoms with Crippen molar-refractivity contribution in [2.24, 2.45) is 0 Å². The van der Waals surface area contributed by atoms with Crippen molar-refractivity contribution in [3.05, 3.63) is 58.1 Å². The number of hydrogen-bond donors (Lipinski definition) is 1. The number of methoxy groups -OCH3 is 1. The van der Waals surface area contributed by atoms with Gasteiger partial charge in [-0.25, -0.2) is 0 Å². The molecule has 0 saturated carbocycles. The average molecular weight is 320 g/mol. The van der Waals surface area contributed by atoms with Crippen molar-refractivity contribution in [1.82, 2.24) is 0 Å². The van der Waals surface area contributed by atoms with Crippen LogP contribution in [0.4, 0.5) is 5.69 Å². The lowest BCUT2D eigenvalue weighted by Gasteiger charge is -2.11. The molecule has 0 heterocycles. The molecule has 1 N–H and O–H groups in total. The Hall–Kier alpha value is -1.48. The predicted octanol–water partition coefficient (Wildman–Crippen LogP) is 4.63. The number of hydrogen-bond acceptors (Lipinski definition) is 2. The zero-order valence-electron chi connectivity index (χ0n) is 11.2. The molecule has 100 valence electrons. The van der Waals surface area contributed by atoms with Crippen LogP contribution in [0.1, 0.15) is 18.1 Å². The van der Waals surface area contributed by atoms with Gasteiger partial charge in [-0.3, -0.25) is 0 Å². The molecule has 0 saturated heterocycles. The lowest BCUT2D eigenvalue weighted by Crippen LogP contribution is -2.02. The van der Waals surface area contributed by atoms with Crippen molar-refractivity contribution in [3.63, 3.8) is 0 Å². The van der Waals surface area contributed by atoms with E-state index in [4.69, 9.17) is 4.74 Å². The molecule has 0 spiro atoms. The predicted molar refractivity (Wildman–Crippen MR) is 83.8 cm³/mol. The van der Waals surface area contributed by atoms with Gasteiger partial charge in [0.25, 0.3) is 0 Å². The van der Waals surface area contributed by atoms with Gasteiger partial charge in [-0.15, -0.1) is 0 Å². The highest BCUT2D eigenvalue weighted by Gasteiger charge is 2.03. The largest absolute Gasteiger partial charge is 0.496 e. The summed E-state index contributed by atoms with van der Waals surface area (Å²) < 4.78 is 6.19. The van der Waals surface area contributed by atoms with Crippen LogP contribution in [0.5, 0.6) is 5.75 Å². The van der Waals surface area contributed by atoms with Crippen molar-refractivity contribution < 1.29 is 4.74 Å². The molecule has 0 aliphatic carbocycles. The van der Waals surface area contributed by atoms with Crippen LogP contribution in [0, 0.1) is 0 Å². The van der Waals surface area contributed by atoms with Gasteiger partial charge in [-0.2, -0.15) is 0 Å². The minimum absolute atomic E-state index is 0.836. The highest BCUT2D eigenvalue weighted by atomic mass is 79.9. The van der Waals surface area contributed by atoms with Crippen molar-refractivity contribution in [1.29, 1.82) is 0 Å². The van der Waals surface area contributed by atoms with Crippen molar-refractivity contribution in [3.8, 4) is 5.75 Å². The number of ether oxygens (including phenoxy) is 1. The van der Waals surface area contributed by atoms with Crippen LogP contribution in [-0.2, 0) is 13.0 Å².